The molecule has 0 amide bonds. The maximum absolute atomic E-state index is 13.4. The number of hydrogen-bond acceptors (Lipinski definition) is 3. The number of aliphatic carboxylic acids is 1. The van der Waals surface area contributed by atoms with Crippen LogP contribution in [0, 0.1) is 17.7 Å². The Hall–Kier alpha value is -2.06. The molecule has 0 aliphatic heterocycles. The maximum atomic E-state index is 13.4. The van der Waals surface area contributed by atoms with E-state index in [1.54, 1.807) is 0 Å². The predicted octanol–water partition coefficient (Wildman–Crippen LogP) is 1.63. The molecule has 0 atom stereocenters. The molecule has 90 valence electrons. The highest BCUT2D eigenvalue weighted by Crippen LogP contribution is 2.15. The van der Waals surface area contributed by atoms with Crippen molar-refractivity contribution >= 4 is 5.97 Å². The monoisotopic (exact) mass is 238 g/mol. The number of carbonyl (C=O) groups is 1. The van der Waals surface area contributed by atoms with Crippen molar-refractivity contribution in [1.82, 2.24) is 0 Å². The molecule has 0 spiro atoms. The van der Waals surface area contributed by atoms with Gasteiger partial charge in [-0.15, -0.1) is 0 Å². The lowest BCUT2D eigenvalue weighted by Crippen LogP contribution is -1.99. The Balaban J connectivity index is 2.74. The molecular formula is C12H11FO4. The molecule has 1 rings (SSSR count). The van der Waals surface area contributed by atoms with E-state index in [1.165, 1.54) is 25.3 Å². The second-order valence-corrected chi connectivity index (χ2v) is 3.06. The van der Waals surface area contributed by atoms with Gasteiger partial charge in [0.1, 0.15) is 18.0 Å². The fraction of sp³-hybridized carbons (Fsp3) is 0.250. The standard InChI is InChI=1S/C12H11FO4/c1-16-8-17-10-6-5-9(11(13)7-10)3-2-4-12(14)15/h5-7H,4,8H2,1H3,(H,14,15). The number of hydrogen-bond donors (Lipinski definition) is 1. The third-order valence-corrected chi connectivity index (χ3v) is 1.75. The maximum Gasteiger partial charge on any atom is 0.315 e. The molecule has 0 heterocycles. The highest BCUT2D eigenvalue weighted by molar-refractivity contribution is 5.70. The van der Waals surface area contributed by atoms with Crippen molar-refractivity contribution in [2.75, 3.05) is 13.9 Å². The van der Waals surface area contributed by atoms with Crippen molar-refractivity contribution in [3.63, 3.8) is 0 Å². The number of rotatable bonds is 4. The minimum atomic E-state index is -1.04. The molecular weight excluding hydrogens is 227 g/mol. The van der Waals surface area contributed by atoms with Crippen LogP contribution in [0.5, 0.6) is 5.75 Å². The van der Waals surface area contributed by atoms with Crippen LogP contribution in [0.2, 0.25) is 0 Å². The predicted molar refractivity (Wildman–Crippen MR) is 58.0 cm³/mol. The molecule has 1 aromatic rings. The smallest absolute Gasteiger partial charge is 0.315 e. The van der Waals surface area contributed by atoms with Gasteiger partial charge >= 0.3 is 5.97 Å². The normalized spacial score (nSPS) is 9.29. The van der Waals surface area contributed by atoms with E-state index in [2.05, 4.69) is 16.6 Å². The molecule has 0 saturated carbocycles. The Morgan fingerprint density at radius 1 is 1.53 bits per heavy atom. The summed E-state index contributed by atoms with van der Waals surface area (Å²) in [5.41, 5.74) is 0.135. The van der Waals surface area contributed by atoms with E-state index in [-0.39, 0.29) is 18.8 Å². The third-order valence-electron chi connectivity index (χ3n) is 1.75. The molecule has 0 aromatic heterocycles. The van der Waals surface area contributed by atoms with E-state index < -0.39 is 11.8 Å². The Morgan fingerprint density at radius 3 is 2.88 bits per heavy atom. The van der Waals surface area contributed by atoms with Gasteiger partial charge in [0.2, 0.25) is 0 Å². The molecule has 0 aliphatic rings. The second-order valence-electron chi connectivity index (χ2n) is 3.06. The van der Waals surface area contributed by atoms with E-state index in [1.807, 2.05) is 0 Å². The van der Waals surface area contributed by atoms with Gasteiger partial charge in [-0.2, -0.15) is 0 Å². The summed E-state index contributed by atoms with van der Waals surface area (Å²) >= 11 is 0. The molecule has 0 aliphatic carbocycles. The molecule has 0 saturated heterocycles. The average Bonchev–Trinajstić information content (AvgIpc) is 2.28. The highest BCUT2D eigenvalue weighted by atomic mass is 19.1. The minimum absolute atomic E-state index is 0.0312. The zero-order valence-corrected chi connectivity index (χ0v) is 9.20. The molecule has 1 aromatic carbocycles. The summed E-state index contributed by atoms with van der Waals surface area (Å²) < 4.78 is 23.1. The van der Waals surface area contributed by atoms with Crippen LogP contribution >= 0.6 is 0 Å². The number of carboxylic acids is 1. The molecule has 0 radical (unpaired) electrons. The first-order valence-electron chi connectivity index (χ1n) is 4.75. The van der Waals surface area contributed by atoms with Gasteiger partial charge in [0.25, 0.3) is 0 Å². The number of benzene rings is 1. The van der Waals surface area contributed by atoms with Crippen LogP contribution < -0.4 is 4.74 Å². The SMILES string of the molecule is COCOc1ccc(C#CCC(=O)O)c(F)c1. The zero-order valence-electron chi connectivity index (χ0n) is 9.20. The van der Waals surface area contributed by atoms with Crippen molar-refractivity contribution in [2.24, 2.45) is 0 Å². The highest BCUT2D eigenvalue weighted by Gasteiger charge is 2.02. The van der Waals surface area contributed by atoms with Crippen LogP contribution in [0.15, 0.2) is 18.2 Å². The van der Waals surface area contributed by atoms with Gasteiger partial charge in [0, 0.05) is 13.2 Å². The number of halogens is 1. The second kappa shape index (κ2) is 6.51. The molecule has 0 fully saturated rings. The van der Waals surface area contributed by atoms with Crippen LogP contribution in [-0.2, 0) is 9.53 Å². The van der Waals surface area contributed by atoms with E-state index in [0.717, 1.165) is 0 Å². The van der Waals surface area contributed by atoms with Crippen LogP contribution in [0.4, 0.5) is 4.39 Å². The summed E-state index contributed by atoms with van der Waals surface area (Å²) in [6.07, 6.45) is -0.318. The van der Waals surface area contributed by atoms with Crippen molar-refractivity contribution in [2.45, 2.75) is 6.42 Å². The lowest BCUT2D eigenvalue weighted by Gasteiger charge is -2.04. The minimum Gasteiger partial charge on any atom is -0.481 e. The Morgan fingerprint density at radius 2 is 2.29 bits per heavy atom. The van der Waals surface area contributed by atoms with Crippen molar-refractivity contribution in [3.05, 3.63) is 29.6 Å². The van der Waals surface area contributed by atoms with Gasteiger partial charge in [-0.05, 0) is 12.1 Å². The van der Waals surface area contributed by atoms with E-state index in [4.69, 9.17) is 9.84 Å². The fourth-order valence-corrected chi connectivity index (χ4v) is 1.03. The topological polar surface area (TPSA) is 55.8 Å². The molecule has 1 N–H and O–H groups in total. The Labute approximate surface area is 98.0 Å². The van der Waals surface area contributed by atoms with E-state index in [9.17, 15) is 9.18 Å². The number of methoxy groups -OCH3 is 1. The summed E-state index contributed by atoms with van der Waals surface area (Å²) in [6.45, 7) is 0.0312. The molecule has 17 heavy (non-hydrogen) atoms. The van der Waals surface area contributed by atoms with Gasteiger partial charge in [-0.25, -0.2) is 4.39 Å². The zero-order chi connectivity index (χ0) is 12.7. The molecule has 0 unspecified atom stereocenters. The lowest BCUT2D eigenvalue weighted by molar-refractivity contribution is -0.135. The Kier molecular flexibility index (Phi) is 4.98. The van der Waals surface area contributed by atoms with Crippen molar-refractivity contribution in [3.8, 4) is 17.6 Å². The van der Waals surface area contributed by atoms with Crippen LogP contribution in [0.25, 0.3) is 0 Å². The van der Waals surface area contributed by atoms with Gasteiger partial charge in [0.05, 0.1) is 5.56 Å². The van der Waals surface area contributed by atoms with Crippen LogP contribution in [0.1, 0.15) is 12.0 Å². The van der Waals surface area contributed by atoms with Gasteiger partial charge in [0.15, 0.2) is 6.79 Å². The first-order chi connectivity index (χ1) is 8.13. The van der Waals surface area contributed by atoms with Crippen molar-refractivity contribution in [1.29, 1.82) is 0 Å². The largest absolute Gasteiger partial charge is 0.481 e. The van der Waals surface area contributed by atoms with Gasteiger partial charge in [-0.3, -0.25) is 4.79 Å². The first-order valence-corrected chi connectivity index (χ1v) is 4.75. The van der Waals surface area contributed by atoms with E-state index >= 15 is 0 Å². The summed E-state index contributed by atoms with van der Waals surface area (Å²) in [5.74, 6) is 3.51. The molecule has 0 bridgehead atoms. The molecule has 4 nitrogen and oxygen atoms in total. The first kappa shape index (κ1) is 13.0. The number of ether oxygens (including phenoxy) is 2. The van der Waals surface area contributed by atoms with Gasteiger partial charge < -0.3 is 14.6 Å². The summed E-state index contributed by atoms with van der Waals surface area (Å²) in [4.78, 5) is 10.2. The third kappa shape index (κ3) is 4.53. The van der Waals surface area contributed by atoms with Crippen LogP contribution in [-0.4, -0.2) is 25.0 Å². The Bertz CT molecular complexity index is 459. The lowest BCUT2D eigenvalue weighted by atomic mass is 10.2. The molecule has 5 heteroatoms. The van der Waals surface area contributed by atoms with Crippen LogP contribution in [0.3, 0.4) is 0 Å². The quantitative estimate of drug-likeness (QED) is 0.640. The summed E-state index contributed by atoms with van der Waals surface area (Å²) in [6, 6.07) is 4.13. The van der Waals surface area contributed by atoms with Gasteiger partial charge in [-0.1, -0.05) is 11.8 Å². The van der Waals surface area contributed by atoms with E-state index in [0.29, 0.717) is 5.75 Å². The average molecular weight is 238 g/mol. The summed E-state index contributed by atoms with van der Waals surface area (Å²) in [7, 11) is 1.46. The summed E-state index contributed by atoms with van der Waals surface area (Å²) in [5, 5.41) is 8.37. The fourth-order valence-electron chi connectivity index (χ4n) is 1.03. The number of carboxylic acid groups (broad SMARTS) is 1. The van der Waals surface area contributed by atoms with Crippen molar-refractivity contribution < 1.29 is 23.8 Å².